The number of hydrogen-bond acceptors (Lipinski definition) is 3. The molecule has 2 heterocycles. The third-order valence-corrected chi connectivity index (χ3v) is 2.49. The molecule has 5 nitrogen and oxygen atoms in total. The topological polar surface area (TPSA) is 62.3 Å². The van der Waals surface area contributed by atoms with E-state index in [4.69, 9.17) is 0 Å². The maximum absolute atomic E-state index is 11.3. The third kappa shape index (κ3) is 2.15. The van der Waals surface area contributed by atoms with Crippen molar-refractivity contribution in [2.45, 2.75) is 6.54 Å². The number of aromatic nitrogens is 1. The van der Waals surface area contributed by atoms with Crippen LogP contribution in [-0.2, 0) is 16.1 Å². The highest BCUT2D eigenvalue weighted by molar-refractivity contribution is 9.10. The lowest BCUT2D eigenvalue weighted by Crippen LogP contribution is -2.28. The molecule has 78 valence electrons. The van der Waals surface area contributed by atoms with Crippen molar-refractivity contribution < 1.29 is 9.59 Å². The minimum Gasteiger partial charge on any atom is -0.331 e. The molecular formula is C9H8BrN3O2. The van der Waals surface area contributed by atoms with Gasteiger partial charge in [0.1, 0.15) is 12.4 Å². The Hall–Kier alpha value is -1.43. The van der Waals surface area contributed by atoms with Crippen LogP contribution in [0.4, 0.5) is 5.82 Å². The van der Waals surface area contributed by atoms with Crippen LogP contribution in [0.15, 0.2) is 16.7 Å². The van der Waals surface area contributed by atoms with E-state index in [0.717, 1.165) is 10.0 Å². The Morgan fingerprint density at radius 1 is 1.53 bits per heavy atom. The molecule has 1 aromatic heterocycles. The first-order valence-electron chi connectivity index (χ1n) is 4.32. The Balaban J connectivity index is 2.40. The number of pyridine rings is 1. The lowest BCUT2D eigenvalue weighted by Gasteiger charge is -2.11. The molecule has 1 aliphatic heterocycles. The summed E-state index contributed by atoms with van der Waals surface area (Å²) in [5, 5.41) is 2.64. The summed E-state index contributed by atoms with van der Waals surface area (Å²) in [6.45, 7) is 0.460. The van der Waals surface area contributed by atoms with Gasteiger partial charge in [-0.2, -0.15) is 0 Å². The number of amides is 2. The second-order valence-electron chi connectivity index (χ2n) is 3.22. The Kier molecular flexibility index (Phi) is 2.68. The van der Waals surface area contributed by atoms with Gasteiger partial charge in [0.2, 0.25) is 12.3 Å². The summed E-state index contributed by atoms with van der Waals surface area (Å²) in [7, 11) is 0. The zero-order valence-electron chi connectivity index (χ0n) is 7.74. The first-order valence-corrected chi connectivity index (χ1v) is 5.12. The number of anilines is 1. The molecule has 0 radical (unpaired) electrons. The summed E-state index contributed by atoms with van der Waals surface area (Å²) in [5.74, 6) is 0.295. The third-order valence-electron chi connectivity index (χ3n) is 2.06. The van der Waals surface area contributed by atoms with Crippen LogP contribution in [0.3, 0.4) is 0 Å². The molecule has 1 aromatic rings. The SMILES string of the molecule is O=CN1CC(=O)Nc2ncc(Br)cc2C1. The number of hydrogen-bond donors (Lipinski definition) is 1. The molecule has 0 atom stereocenters. The van der Waals surface area contributed by atoms with Gasteiger partial charge in [0.15, 0.2) is 0 Å². The molecule has 2 amide bonds. The highest BCUT2D eigenvalue weighted by atomic mass is 79.9. The van der Waals surface area contributed by atoms with E-state index in [-0.39, 0.29) is 12.5 Å². The monoisotopic (exact) mass is 269 g/mol. The van der Waals surface area contributed by atoms with Gasteiger partial charge < -0.3 is 10.2 Å². The lowest BCUT2D eigenvalue weighted by molar-refractivity contribution is -0.125. The Labute approximate surface area is 94.6 Å². The molecule has 1 aliphatic rings. The van der Waals surface area contributed by atoms with Crippen LogP contribution in [0.5, 0.6) is 0 Å². The van der Waals surface area contributed by atoms with E-state index in [9.17, 15) is 9.59 Å². The Morgan fingerprint density at radius 2 is 2.33 bits per heavy atom. The smallest absolute Gasteiger partial charge is 0.245 e. The lowest BCUT2D eigenvalue weighted by atomic mass is 10.2. The van der Waals surface area contributed by atoms with Gasteiger partial charge in [-0.15, -0.1) is 0 Å². The molecule has 0 aliphatic carbocycles. The van der Waals surface area contributed by atoms with Crippen LogP contribution in [0.1, 0.15) is 5.56 Å². The van der Waals surface area contributed by atoms with E-state index >= 15 is 0 Å². The fourth-order valence-corrected chi connectivity index (χ4v) is 1.80. The van der Waals surface area contributed by atoms with Gasteiger partial charge in [0.05, 0.1) is 0 Å². The second-order valence-corrected chi connectivity index (χ2v) is 4.14. The molecular weight excluding hydrogens is 262 g/mol. The average Bonchev–Trinajstić information content (AvgIpc) is 2.35. The maximum atomic E-state index is 11.3. The summed E-state index contributed by atoms with van der Waals surface area (Å²) < 4.78 is 0.822. The molecule has 0 saturated carbocycles. The maximum Gasteiger partial charge on any atom is 0.245 e. The van der Waals surface area contributed by atoms with Crippen molar-refractivity contribution in [2.75, 3.05) is 11.9 Å². The van der Waals surface area contributed by atoms with E-state index < -0.39 is 0 Å². The zero-order valence-corrected chi connectivity index (χ0v) is 9.32. The van der Waals surface area contributed by atoms with E-state index in [0.29, 0.717) is 18.8 Å². The standard InChI is InChI=1S/C9H8BrN3O2/c10-7-1-6-3-13(5-14)4-8(15)12-9(6)11-2-7/h1-2,5H,3-4H2,(H,11,12,15). The predicted molar refractivity (Wildman–Crippen MR) is 57.0 cm³/mol. The van der Waals surface area contributed by atoms with Crippen molar-refractivity contribution in [1.29, 1.82) is 0 Å². The fourth-order valence-electron chi connectivity index (χ4n) is 1.42. The molecule has 6 heteroatoms. The Bertz CT molecular complexity index is 422. The number of carbonyl (C=O) groups excluding carboxylic acids is 2. The van der Waals surface area contributed by atoms with E-state index in [1.807, 2.05) is 6.07 Å². The van der Waals surface area contributed by atoms with Crippen LogP contribution in [0, 0.1) is 0 Å². The number of nitrogens with one attached hydrogen (secondary N) is 1. The first-order chi connectivity index (χ1) is 7.19. The van der Waals surface area contributed by atoms with Crippen molar-refractivity contribution in [3.8, 4) is 0 Å². The number of carbonyl (C=O) groups is 2. The van der Waals surface area contributed by atoms with Gasteiger partial charge in [0, 0.05) is 22.8 Å². The molecule has 0 bridgehead atoms. The largest absolute Gasteiger partial charge is 0.331 e. The van der Waals surface area contributed by atoms with Crippen LogP contribution < -0.4 is 5.32 Å². The van der Waals surface area contributed by atoms with Gasteiger partial charge >= 0.3 is 0 Å². The van der Waals surface area contributed by atoms with Crippen molar-refractivity contribution in [3.63, 3.8) is 0 Å². The minimum absolute atomic E-state index is 0.0669. The summed E-state index contributed by atoms with van der Waals surface area (Å²) >= 11 is 3.29. The predicted octanol–water partition coefficient (Wildman–Crippen LogP) is 0.755. The molecule has 0 spiro atoms. The average molecular weight is 270 g/mol. The van der Waals surface area contributed by atoms with Crippen molar-refractivity contribution >= 4 is 34.1 Å². The highest BCUT2D eigenvalue weighted by Gasteiger charge is 2.18. The zero-order chi connectivity index (χ0) is 10.8. The van der Waals surface area contributed by atoms with Gasteiger partial charge in [-0.25, -0.2) is 4.98 Å². The number of halogens is 1. The van der Waals surface area contributed by atoms with Crippen LogP contribution in [0.25, 0.3) is 0 Å². The van der Waals surface area contributed by atoms with Crippen molar-refractivity contribution in [2.24, 2.45) is 0 Å². The molecule has 0 aromatic carbocycles. The van der Waals surface area contributed by atoms with E-state index in [1.54, 1.807) is 6.20 Å². The molecule has 15 heavy (non-hydrogen) atoms. The van der Waals surface area contributed by atoms with Crippen LogP contribution >= 0.6 is 15.9 Å². The first kappa shape index (κ1) is 10.1. The number of fused-ring (bicyclic) bond motifs is 1. The van der Waals surface area contributed by atoms with Crippen LogP contribution in [0.2, 0.25) is 0 Å². The molecule has 0 fully saturated rings. The minimum atomic E-state index is -0.226. The highest BCUT2D eigenvalue weighted by Crippen LogP contribution is 2.21. The quantitative estimate of drug-likeness (QED) is 0.766. The summed E-state index contributed by atoms with van der Waals surface area (Å²) in [6.07, 6.45) is 2.27. The summed E-state index contributed by atoms with van der Waals surface area (Å²) in [5.41, 5.74) is 0.822. The van der Waals surface area contributed by atoms with Gasteiger partial charge in [-0.05, 0) is 22.0 Å². The van der Waals surface area contributed by atoms with Gasteiger partial charge in [0.25, 0.3) is 0 Å². The molecule has 2 rings (SSSR count). The van der Waals surface area contributed by atoms with Crippen molar-refractivity contribution in [3.05, 3.63) is 22.3 Å². The summed E-state index contributed by atoms with van der Waals surface area (Å²) in [6, 6.07) is 1.84. The van der Waals surface area contributed by atoms with Gasteiger partial charge in [-0.1, -0.05) is 0 Å². The fraction of sp³-hybridized carbons (Fsp3) is 0.222. The van der Waals surface area contributed by atoms with Crippen molar-refractivity contribution in [1.82, 2.24) is 9.88 Å². The number of nitrogens with zero attached hydrogens (tertiary/aromatic N) is 2. The van der Waals surface area contributed by atoms with Crippen LogP contribution in [-0.4, -0.2) is 28.7 Å². The Morgan fingerprint density at radius 3 is 3.07 bits per heavy atom. The molecule has 0 saturated heterocycles. The molecule has 0 unspecified atom stereocenters. The number of rotatable bonds is 1. The van der Waals surface area contributed by atoms with E-state index in [1.165, 1.54) is 4.90 Å². The van der Waals surface area contributed by atoms with Gasteiger partial charge in [-0.3, -0.25) is 9.59 Å². The van der Waals surface area contributed by atoms with E-state index in [2.05, 4.69) is 26.2 Å². The second kappa shape index (κ2) is 3.98. The summed E-state index contributed by atoms with van der Waals surface area (Å²) in [4.78, 5) is 27.5. The normalized spacial score (nSPS) is 15.3. The molecule has 1 N–H and O–H groups in total.